The summed E-state index contributed by atoms with van der Waals surface area (Å²) in [4.78, 5) is 8.75. The Kier molecular flexibility index (Phi) is 3.54. The molecule has 0 unspecified atom stereocenters. The van der Waals surface area contributed by atoms with Crippen LogP contribution in [-0.2, 0) is 12.8 Å². The highest BCUT2D eigenvalue weighted by Gasteiger charge is 2.13. The van der Waals surface area contributed by atoms with Crippen LogP contribution in [0.4, 0.5) is 5.82 Å². The van der Waals surface area contributed by atoms with Crippen molar-refractivity contribution in [2.24, 2.45) is 0 Å². The first-order chi connectivity index (χ1) is 7.42. The Morgan fingerprint density at radius 1 is 1.20 bits per heavy atom. The molecule has 1 aliphatic carbocycles. The number of hydrogen-bond donors (Lipinski definition) is 1. The fraction of sp³-hybridized carbons (Fsp3) is 0.667. The lowest BCUT2D eigenvalue weighted by molar-refractivity contribution is 0.708. The van der Waals surface area contributed by atoms with Gasteiger partial charge >= 0.3 is 0 Å². The van der Waals surface area contributed by atoms with Crippen LogP contribution in [0.3, 0.4) is 0 Å². The van der Waals surface area contributed by atoms with Gasteiger partial charge in [-0.15, -0.1) is 0 Å². The zero-order chi connectivity index (χ0) is 10.5. The lowest BCUT2D eigenvalue weighted by Gasteiger charge is -2.11. The highest BCUT2D eigenvalue weighted by Crippen LogP contribution is 2.23. The summed E-state index contributed by atoms with van der Waals surface area (Å²) in [7, 11) is 0. The van der Waals surface area contributed by atoms with Crippen molar-refractivity contribution >= 4 is 5.82 Å². The molecule has 82 valence electrons. The molecule has 1 N–H and O–H groups in total. The molecule has 0 saturated heterocycles. The lowest BCUT2D eigenvalue weighted by Crippen LogP contribution is -2.08. The van der Waals surface area contributed by atoms with E-state index in [0.717, 1.165) is 31.6 Å². The Labute approximate surface area is 91.3 Å². The molecule has 0 aromatic carbocycles. The molecule has 2 rings (SSSR count). The van der Waals surface area contributed by atoms with Gasteiger partial charge in [0.1, 0.15) is 12.1 Å². The van der Waals surface area contributed by atoms with Gasteiger partial charge < -0.3 is 5.32 Å². The molecule has 0 spiro atoms. The Bertz CT molecular complexity index is 323. The Hall–Kier alpha value is -1.12. The molecule has 3 nitrogen and oxygen atoms in total. The van der Waals surface area contributed by atoms with Gasteiger partial charge in [0.15, 0.2) is 0 Å². The highest BCUT2D eigenvalue weighted by atomic mass is 15.0. The molecule has 0 amide bonds. The van der Waals surface area contributed by atoms with Crippen LogP contribution in [0.25, 0.3) is 0 Å². The van der Waals surface area contributed by atoms with Crippen molar-refractivity contribution in [3.8, 4) is 0 Å². The fourth-order valence-corrected chi connectivity index (χ4v) is 2.09. The average Bonchev–Trinajstić information content (AvgIpc) is 2.51. The maximum atomic E-state index is 4.40. The van der Waals surface area contributed by atoms with E-state index in [1.54, 1.807) is 6.33 Å². The van der Waals surface area contributed by atoms with Gasteiger partial charge in [-0.2, -0.15) is 0 Å². The monoisotopic (exact) mass is 205 g/mol. The maximum absolute atomic E-state index is 4.40. The predicted molar refractivity (Wildman–Crippen MR) is 62.1 cm³/mol. The minimum atomic E-state index is 1.00. The number of anilines is 1. The molecule has 1 aromatic rings. The van der Waals surface area contributed by atoms with Crippen LogP contribution < -0.4 is 5.32 Å². The highest BCUT2D eigenvalue weighted by molar-refractivity contribution is 5.46. The van der Waals surface area contributed by atoms with Gasteiger partial charge in [0.05, 0.1) is 0 Å². The van der Waals surface area contributed by atoms with E-state index in [0.29, 0.717) is 0 Å². The van der Waals surface area contributed by atoms with E-state index in [1.165, 1.54) is 30.5 Å². The molecule has 1 aromatic heterocycles. The molecule has 0 aliphatic heterocycles. The standard InChI is InChI=1S/C12H19N3/c1-2-8-13-12-10-6-4-3-5-7-11(10)14-9-15-12/h9H,2-8H2,1H3,(H,13,14,15). The molecule has 0 radical (unpaired) electrons. The molecule has 1 aliphatic rings. The Balaban J connectivity index is 2.22. The van der Waals surface area contributed by atoms with Crippen LogP contribution in [0.2, 0.25) is 0 Å². The Morgan fingerprint density at radius 2 is 2.07 bits per heavy atom. The normalized spacial score (nSPS) is 15.5. The van der Waals surface area contributed by atoms with E-state index in [1.807, 2.05) is 0 Å². The third kappa shape index (κ3) is 2.46. The van der Waals surface area contributed by atoms with Crippen molar-refractivity contribution in [1.29, 1.82) is 0 Å². The third-order valence-corrected chi connectivity index (χ3v) is 2.92. The average molecular weight is 205 g/mol. The first kappa shape index (κ1) is 10.4. The quantitative estimate of drug-likeness (QED) is 0.771. The largest absolute Gasteiger partial charge is 0.370 e. The SMILES string of the molecule is CCCNc1ncnc2c1CCCCC2. The predicted octanol–water partition coefficient (Wildman–Crippen LogP) is 2.57. The van der Waals surface area contributed by atoms with Crippen molar-refractivity contribution in [2.75, 3.05) is 11.9 Å². The summed E-state index contributed by atoms with van der Waals surface area (Å²) >= 11 is 0. The van der Waals surface area contributed by atoms with Crippen LogP contribution in [0.15, 0.2) is 6.33 Å². The van der Waals surface area contributed by atoms with Crippen molar-refractivity contribution in [1.82, 2.24) is 9.97 Å². The molecule has 1 heterocycles. The topological polar surface area (TPSA) is 37.8 Å². The van der Waals surface area contributed by atoms with E-state index < -0.39 is 0 Å². The smallest absolute Gasteiger partial charge is 0.132 e. The van der Waals surface area contributed by atoms with Gasteiger partial charge in [-0.1, -0.05) is 13.3 Å². The number of nitrogens with zero attached hydrogens (tertiary/aromatic N) is 2. The molecular weight excluding hydrogens is 186 g/mol. The molecule has 3 heteroatoms. The minimum absolute atomic E-state index is 1.00. The minimum Gasteiger partial charge on any atom is -0.370 e. The van der Waals surface area contributed by atoms with Crippen LogP contribution in [-0.4, -0.2) is 16.5 Å². The maximum Gasteiger partial charge on any atom is 0.132 e. The van der Waals surface area contributed by atoms with Gasteiger partial charge in [0.2, 0.25) is 0 Å². The number of hydrogen-bond acceptors (Lipinski definition) is 3. The zero-order valence-electron chi connectivity index (χ0n) is 9.42. The molecule has 0 fully saturated rings. The first-order valence-electron chi connectivity index (χ1n) is 5.98. The summed E-state index contributed by atoms with van der Waals surface area (Å²) in [5.41, 5.74) is 2.63. The lowest BCUT2D eigenvalue weighted by atomic mass is 10.1. The van der Waals surface area contributed by atoms with Gasteiger partial charge in [-0.05, 0) is 32.1 Å². The molecule has 0 bridgehead atoms. The molecule has 0 atom stereocenters. The van der Waals surface area contributed by atoms with Gasteiger partial charge in [0.25, 0.3) is 0 Å². The molecule has 0 saturated carbocycles. The van der Waals surface area contributed by atoms with Crippen molar-refractivity contribution < 1.29 is 0 Å². The number of nitrogens with one attached hydrogen (secondary N) is 1. The van der Waals surface area contributed by atoms with E-state index in [9.17, 15) is 0 Å². The second-order valence-corrected chi connectivity index (χ2v) is 4.13. The van der Waals surface area contributed by atoms with Crippen LogP contribution in [0, 0.1) is 0 Å². The molecular formula is C12H19N3. The second-order valence-electron chi connectivity index (χ2n) is 4.13. The summed E-state index contributed by atoms with van der Waals surface area (Å²) in [5, 5.41) is 3.40. The fourth-order valence-electron chi connectivity index (χ4n) is 2.09. The number of aryl methyl sites for hydroxylation is 1. The first-order valence-corrected chi connectivity index (χ1v) is 5.98. The summed E-state index contributed by atoms with van der Waals surface area (Å²) in [5.74, 6) is 1.07. The van der Waals surface area contributed by atoms with Gasteiger partial charge in [-0.25, -0.2) is 9.97 Å². The summed E-state index contributed by atoms with van der Waals surface area (Å²) in [6.07, 6.45) is 8.98. The number of aromatic nitrogens is 2. The van der Waals surface area contributed by atoms with Crippen LogP contribution in [0.5, 0.6) is 0 Å². The molecule has 15 heavy (non-hydrogen) atoms. The van der Waals surface area contributed by atoms with Crippen molar-refractivity contribution in [2.45, 2.75) is 45.4 Å². The summed E-state index contributed by atoms with van der Waals surface area (Å²) < 4.78 is 0. The number of rotatable bonds is 3. The van der Waals surface area contributed by atoms with Gasteiger partial charge in [-0.3, -0.25) is 0 Å². The Morgan fingerprint density at radius 3 is 2.93 bits per heavy atom. The van der Waals surface area contributed by atoms with E-state index >= 15 is 0 Å². The van der Waals surface area contributed by atoms with E-state index in [-0.39, 0.29) is 0 Å². The van der Waals surface area contributed by atoms with Gasteiger partial charge in [0, 0.05) is 17.8 Å². The van der Waals surface area contributed by atoms with E-state index in [4.69, 9.17) is 0 Å². The van der Waals surface area contributed by atoms with Crippen LogP contribution in [0.1, 0.15) is 43.9 Å². The van der Waals surface area contributed by atoms with Crippen molar-refractivity contribution in [3.63, 3.8) is 0 Å². The third-order valence-electron chi connectivity index (χ3n) is 2.92. The van der Waals surface area contributed by atoms with E-state index in [2.05, 4.69) is 22.2 Å². The second kappa shape index (κ2) is 5.10. The number of fused-ring (bicyclic) bond motifs is 1. The zero-order valence-corrected chi connectivity index (χ0v) is 9.42. The van der Waals surface area contributed by atoms with Crippen molar-refractivity contribution in [3.05, 3.63) is 17.6 Å². The summed E-state index contributed by atoms with van der Waals surface area (Å²) in [6.45, 7) is 3.18. The van der Waals surface area contributed by atoms with Crippen LogP contribution >= 0.6 is 0 Å². The summed E-state index contributed by atoms with van der Waals surface area (Å²) in [6, 6.07) is 0.